The molecule has 1 unspecified atom stereocenters. The van der Waals surface area contributed by atoms with Crippen molar-refractivity contribution in [1.29, 1.82) is 0 Å². The number of alkyl halides is 3. The Kier molecular flexibility index (Phi) is 5.43. The van der Waals surface area contributed by atoms with Crippen molar-refractivity contribution in [3.05, 3.63) is 65.5 Å². The highest BCUT2D eigenvalue weighted by molar-refractivity contribution is 5.79. The third-order valence-electron chi connectivity index (χ3n) is 5.31. The largest absolute Gasteiger partial charge is 0.416 e. The van der Waals surface area contributed by atoms with Crippen molar-refractivity contribution in [3.63, 3.8) is 0 Å². The Hall–Kier alpha value is -3.36. The zero-order valence-corrected chi connectivity index (χ0v) is 17.1. The van der Waals surface area contributed by atoms with E-state index in [0.717, 1.165) is 17.3 Å². The van der Waals surface area contributed by atoms with Gasteiger partial charge in [-0.15, -0.1) is 0 Å². The molecular formula is C22H21F3N4O2. The Balaban J connectivity index is 1.51. The first-order valence-corrected chi connectivity index (χ1v) is 9.76. The van der Waals surface area contributed by atoms with Crippen molar-refractivity contribution < 1.29 is 22.5 Å². The molecule has 0 spiro atoms. The second-order valence-electron chi connectivity index (χ2n) is 7.73. The Morgan fingerprint density at radius 2 is 1.94 bits per heavy atom. The average molecular weight is 430 g/mol. The first-order chi connectivity index (χ1) is 14.7. The number of likely N-dealkylation sites (tertiary alicyclic amines) is 1. The first kappa shape index (κ1) is 20.9. The molecule has 6 nitrogen and oxygen atoms in total. The maximum Gasteiger partial charge on any atom is 0.416 e. The Labute approximate surface area is 177 Å². The lowest BCUT2D eigenvalue weighted by Gasteiger charge is -2.19. The number of rotatable bonds is 5. The molecule has 0 saturated carbocycles. The maximum absolute atomic E-state index is 13.3. The highest BCUT2D eigenvalue weighted by atomic mass is 19.4. The van der Waals surface area contributed by atoms with Gasteiger partial charge in [0, 0.05) is 50.8 Å². The summed E-state index contributed by atoms with van der Waals surface area (Å²) in [6, 6.07) is 12.9. The van der Waals surface area contributed by atoms with Crippen LogP contribution in [0.25, 0.3) is 11.5 Å². The third-order valence-corrected chi connectivity index (χ3v) is 5.31. The molecule has 4 rings (SSSR count). The smallest absolute Gasteiger partial charge is 0.378 e. The van der Waals surface area contributed by atoms with Crippen LogP contribution in [-0.2, 0) is 17.5 Å². The van der Waals surface area contributed by atoms with Gasteiger partial charge in [0.15, 0.2) is 5.82 Å². The minimum Gasteiger partial charge on any atom is -0.378 e. The zero-order valence-electron chi connectivity index (χ0n) is 17.1. The van der Waals surface area contributed by atoms with E-state index in [1.807, 2.05) is 43.3 Å². The number of benzene rings is 2. The van der Waals surface area contributed by atoms with Gasteiger partial charge in [0.25, 0.3) is 5.89 Å². The number of halogens is 3. The van der Waals surface area contributed by atoms with Crippen LogP contribution in [0.1, 0.15) is 29.3 Å². The van der Waals surface area contributed by atoms with Gasteiger partial charge < -0.3 is 14.3 Å². The van der Waals surface area contributed by atoms with Crippen LogP contribution in [0.4, 0.5) is 18.9 Å². The SMILES string of the molecule is CN(C)c1cccc(-c2nc(C3CC(=O)N(Cc4ccccc4C(F)(F)F)C3)no2)c1. The fourth-order valence-electron chi connectivity index (χ4n) is 3.67. The number of carbonyl (C=O) groups is 1. The van der Waals surface area contributed by atoms with Gasteiger partial charge in [0.2, 0.25) is 5.91 Å². The summed E-state index contributed by atoms with van der Waals surface area (Å²) in [5, 5.41) is 4.02. The van der Waals surface area contributed by atoms with Crippen LogP contribution >= 0.6 is 0 Å². The molecule has 1 aromatic heterocycles. The fraction of sp³-hybridized carbons (Fsp3) is 0.318. The lowest BCUT2D eigenvalue weighted by atomic mass is 10.1. The van der Waals surface area contributed by atoms with Crippen LogP contribution in [-0.4, -0.2) is 41.6 Å². The molecule has 1 aliphatic rings. The number of aromatic nitrogens is 2. The highest BCUT2D eigenvalue weighted by Crippen LogP contribution is 2.34. The summed E-state index contributed by atoms with van der Waals surface area (Å²) in [7, 11) is 3.85. The zero-order chi connectivity index (χ0) is 22.2. The predicted molar refractivity (Wildman–Crippen MR) is 108 cm³/mol. The molecule has 1 atom stereocenters. The molecule has 1 fully saturated rings. The van der Waals surface area contributed by atoms with Gasteiger partial charge in [-0.05, 0) is 29.8 Å². The van der Waals surface area contributed by atoms with Gasteiger partial charge in [0.1, 0.15) is 0 Å². The number of carbonyl (C=O) groups excluding carboxylic acids is 1. The van der Waals surface area contributed by atoms with E-state index in [-0.39, 0.29) is 36.9 Å². The minimum atomic E-state index is -4.47. The number of amides is 1. The second-order valence-corrected chi connectivity index (χ2v) is 7.73. The second kappa shape index (κ2) is 8.05. The first-order valence-electron chi connectivity index (χ1n) is 9.76. The topological polar surface area (TPSA) is 62.5 Å². The quantitative estimate of drug-likeness (QED) is 0.603. The van der Waals surface area contributed by atoms with E-state index in [2.05, 4.69) is 10.1 Å². The molecule has 1 aliphatic heterocycles. The fourth-order valence-corrected chi connectivity index (χ4v) is 3.67. The molecule has 0 radical (unpaired) electrons. The molecule has 31 heavy (non-hydrogen) atoms. The van der Waals surface area contributed by atoms with Gasteiger partial charge in [-0.2, -0.15) is 18.2 Å². The van der Waals surface area contributed by atoms with Crippen LogP contribution in [0, 0.1) is 0 Å². The lowest BCUT2D eigenvalue weighted by Crippen LogP contribution is -2.26. The Morgan fingerprint density at radius 3 is 2.68 bits per heavy atom. The summed E-state index contributed by atoms with van der Waals surface area (Å²) in [6.07, 6.45) is -4.34. The summed E-state index contributed by atoms with van der Waals surface area (Å²) in [5.41, 5.74) is 1.07. The molecule has 2 heterocycles. The van der Waals surface area contributed by atoms with Gasteiger partial charge in [0.05, 0.1) is 5.56 Å². The molecule has 9 heteroatoms. The molecule has 3 aromatic rings. The Bertz CT molecular complexity index is 1090. The van der Waals surface area contributed by atoms with Crippen molar-refractivity contribution in [2.75, 3.05) is 25.5 Å². The molecule has 2 aromatic carbocycles. The number of hydrogen-bond donors (Lipinski definition) is 0. The number of nitrogens with zero attached hydrogens (tertiary/aromatic N) is 4. The van der Waals surface area contributed by atoms with Crippen LogP contribution in [0.5, 0.6) is 0 Å². The van der Waals surface area contributed by atoms with E-state index >= 15 is 0 Å². The summed E-state index contributed by atoms with van der Waals surface area (Å²) in [4.78, 5) is 20.3. The summed E-state index contributed by atoms with van der Waals surface area (Å²) in [6.45, 7) is 0.127. The molecule has 0 aliphatic carbocycles. The summed E-state index contributed by atoms with van der Waals surface area (Å²) in [5.74, 6) is 0.153. The molecular weight excluding hydrogens is 409 g/mol. The van der Waals surface area contributed by atoms with Crippen molar-refractivity contribution in [2.24, 2.45) is 0 Å². The van der Waals surface area contributed by atoms with Gasteiger partial charge in [-0.1, -0.05) is 29.4 Å². The molecule has 162 valence electrons. The maximum atomic E-state index is 13.3. The standard InChI is InChI=1S/C22H21F3N4O2/c1-28(2)17-8-5-7-14(10-17)21-26-20(27-31-21)16-11-19(30)29(13-16)12-15-6-3-4-9-18(15)22(23,24)25/h3-10,16H,11-13H2,1-2H3. The summed E-state index contributed by atoms with van der Waals surface area (Å²) >= 11 is 0. The number of hydrogen-bond acceptors (Lipinski definition) is 5. The predicted octanol–water partition coefficient (Wildman–Crippen LogP) is 4.34. The molecule has 1 saturated heterocycles. The molecule has 0 bridgehead atoms. The number of anilines is 1. The highest BCUT2D eigenvalue weighted by Gasteiger charge is 2.37. The van der Waals surface area contributed by atoms with Gasteiger partial charge in [-0.25, -0.2) is 0 Å². The lowest BCUT2D eigenvalue weighted by molar-refractivity contribution is -0.139. The minimum absolute atomic E-state index is 0.0679. The monoisotopic (exact) mass is 430 g/mol. The van der Waals surface area contributed by atoms with Crippen molar-refractivity contribution in [1.82, 2.24) is 15.0 Å². The van der Waals surface area contributed by atoms with Crippen LogP contribution < -0.4 is 4.90 Å². The van der Waals surface area contributed by atoms with E-state index in [0.29, 0.717) is 11.7 Å². The van der Waals surface area contributed by atoms with E-state index in [1.54, 1.807) is 0 Å². The van der Waals surface area contributed by atoms with Gasteiger partial charge >= 0.3 is 6.18 Å². The van der Waals surface area contributed by atoms with Crippen LogP contribution in [0.3, 0.4) is 0 Å². The normalized spacial score (nSPS) is 16.7. The van der Waals surface area contributed by atoms with Crippen molar-refractivity contribution >= 4 is 11.6 Å². The third kappa shape index (κ3) is 4.40. The Morgan fingerprint density at radius 1 is 1.16 bits per heavy atom. The van der Waals surface area contributed by atoms with Crippen LogP contribution in [0.2, 0.25) is 0 Å². The molecule has 1 amide bonds. The van der Waals surface area contributed by atoms with Crippen molar-refractivity contribution in [3.8, 4) is 11.5 Å². The molecule has 0 N–H and O–H groups in total. The van der Waals surface area contributed by atoms with E-state index < -0.39 is 11.7 Å². The van der Waals surface area contributed by atoms with E-state index in [9.17, 15) is 18.0 Å². The van der Waals surface area contributed by atoms with Gasteiger partial charge in [-0.3, -0.25) is 4.79 Å². The average Bonchev–Trinajstić information content (AvgIpc) is 3.35. The van der Waals surface area contributed by atoms with E-state index in [1.165, 1.54) is 23.1 Å². The summed E-state index contributed by atoms with van der Waals surface area (Å²) < 4.78 is 45.2. The van der Waals surface area contributed by atoms with E-state index in [4.69, 9.17) is 4.52 Å². The van der Waals surface area contributed by atoms with Crippen LogP contribution in [0.15, 0.2) is 53.1 Å². The van der Waals surface area contributed by atoms with Crippen molar-refractivity contribution in [2.45, 2.75) is 25.1 Å².